The lowest BCUT2D eigenvalue weighted by molar-refractivity contribution is 0.0926. The van der Waals surface area contributed by atoms with Crippen LogP contribution in [0.25, 0.3) is 0 Å². The summed E-state index contributed by atoms with van der Waals surface area (Å²) in [5.41, 5.74) is 2.21. The molecule has 2 amide bonds. The third kappa shape index (κ3) is 5.21. The van der Waals surface area contributed by atoms with E-state index in [4.69, 9.17) is 0 Å². The Morgan fingerprint density at radius 1 is 0.900 bits per heavy atom. The highest BCUT2D eigenvalue weighted by atomic mass is 16.2. The van der Waals surface area contributed by atoms with Crippen LogP contribution in [0.3, 0.4) is 0 Å². The molecule has 0 saturated carbocycles. The first-order chi connectivity index (χ1) is 14.7. The third-order valence-electron chi connectivity index (χ3n) is 6.58. The summed E-state index contributed by atoms with van der Waals surface area (Å²) in [6.45, 7) is 5.84. The average Bonchev–Trinajstić information content (AvgIpc) is 2.80. The molecule has 1 N–H and O–H groups in total. The molecule has 0 aliphatic carbocycles. The molecule has 2 heterocycles. The molecule has 4 rings (SSSR count). The van der Waals surface area contributed by atoms with Crippen molar-refractivity contribution < 1.29 is 4.79 Å². The van der Waals surface area contributed by atoms with Crippen LogP contribution >= 0.6 is 0 Å². The van der Waals surface area contributed by atoms with E-state index in [1.807, 2.05) is 41.3 Å². The second kappa shape index (κ2) is 10.1. The van der Waals surface area contributed by atoms with Crippen molar-refractivity contribution in [2.45, 2.75) is 31.3 Å². The first-order valence-electron chi connectivity index (χ1n) is 11.3. The number of carbonyl (C=O) groups is 1. The molecular weight excluding hydrogens is 372 g/mol. The third-order valence-corrected chi connectivity index (χ3v) is 6.58. The Hall–Kier alpha value is -2.37. The fraction of sp³-hybridized carbons (Fsp3) is 0.480. The van der Waals surface area contributed by atoms with Gasteiger partial charge in [0.2, 0.25) is 0 Å². The molecule has 5 heteroatoms. The molecule has 2 aliphatic rings. The highest BCUT2D eigenvalue weighted by molar-refractivity contribution is 5.75. The molecule has 2 aromatic rings. The number of benzene rings is 2. The minimum absolute atomic E-state index is 0.0298. The van der Waals surface area contributed by atoms with Gasteiger partial charge in [0.05, 0.1) is 6.04 Å². The van der Waals surface area contributed by atoms with Crippen LogP contribution in [0.1, 0.15) is 36.4 Å². The van der Waals surface area contributed by atoms with Gasteiger partial charge in [-0.25, -0.2) is 4.79 Å². The number of urea groups is 1. The summed E-state index contributed by atoms with van der Waals surface area (Å²) in [6.07, 6.45) is 3.97. The fourth-order valence-electron chi connectivity index (χ4n) is 4.67. The van der Waals surface area contributed by atoms with Crippen LogP contribution in [-0.4, -0.2) is 73.1 Å². The standard InChI is InChI=1S/C25H34N4O/c1-27-15-9-8-14-23(27)20-28-16-18-29(19-17-28)25(30)26-24(21-10-4-2-5-11-21)22-12-6-3-7-13-22/h2-7,10-13,23-24H,8-9,14-20H2,1H3,(H,26,30)/t23-/m0/s1. The maximum atomic E-state index is 13.1. The minimum Gasteiger partial charge on any atom is -0.327 e. The molecule has 0 spiro atoms. The van der Waals surface area contributed by atoms with Crippen LogP contribution in [-0.2, 0) is 0 Å². The lowest BCUT2D eigenvalue weighted by Crippen LogP contribution is -2.55. The Bertz CT molecular complexity index is 750. The number of likely N-dealkylation sites (N-methyl/N-ethyl adjacent to an activating group) is 1. The zero-order valence-corrected chi connectivity index (χ0v) is 18.0. The molecule has 0 bridgehead atoms. The van der Waals surface area contributed by atoms with E-state index in [1.54, 1.807) is 0 Å². The maximum absolute atomic E-state index is 13.1. The quantitative estimate of drug-likeness (QED) is 0.825. The Labute approximate surface area is 180 Å². The number of piperidine rings is 1. The van der Waals surface area contributed by atoms with Crippen LogP contribution in [0.5, 0.6) is 0 Å². The molecule has 160 valence electrons. The first-order valence-corrected chi connectivity index (χ1v) is 11.3. The largest absolute Gasteiger partial charge is 0.327 e. The number of rotatable bonds is 5. The van der Waals surface area contributed by atoms with Gasteiger partial charge in [0.15, 0.2) is 0 Å². The zero-order chi connectivity index (χ0) is 20.8. The van der Waals surface area contributed by atoms with Crippen LogP contribution < -0.4 is 5.32 Å². The van der Waals surface area contributed by atoms with Crippen LogP contribution in [0.15, 0.2) is 60.7 Å². The summed E-state index contributed by atoms with van der Waals surface area (Å²) in [5, 5.41) is 3.28. The molecule has 1 atom stereocenters. The molecular formula is C25H34N4O. The molecule has 0 unspecified atom stereocenters. The van der Waals surface area contributed by atoms with Crippen LogP contribution in [0, 0.1) is 0 Å². The molecule has 2 aromatic carbocycles. The van der Waals surface area contributed by atoms with E-state index in [0.29, 0.717) is 6.04 Å². The van der Waals surface area contributed by atoms with Crippen molar-refractivity contribution in [1.82, 2.24) is 20.0 Å². The van der Waals surface area contributed by atoms with Gasteiger partial charge in [0, 0.05) is 38.8 Å². The number of nitrogens with zero attached hydrogens (tertiary/aromatic N) is 3. The molecule has 0 aromatic heterocycles. The Morgan fingerprint density at radius 3 is 2.07 bits per heavy atom. The SMILES string of the molecule is CN1CCCC[C@H]1CN1CCN(C(=O)NC(c2ccccc2)c2ccccc2)CC1. The van der Waals surface area contributed by atoms with Crippen LogP contribution in [0.2, 0.25) is 0 Å². The highest BCUT2D eigenvalue weighted by Crippen LogP contribution is 2.22. The molecule has 0 radical (unpaired) electrons. The summed E-state index contributed by atoms with van der Waals surface area (Å²) >= 11 is 0. The van der Waals surface area contributed by atoms with E-state index >= 15 is 0 Å². The van der Waals surface area contributed by atoms with Gasteiger partial charge in [-0.1, -0.05) is 67.1 Å². The van der Waals surface area contributed by atoms with Gasteiger partial charge in [-0.15, -0.1) is 0 Å². The van der Waals surface area contributed by atoms with Crippen molar-refractivity contribution in [2.75, 3.05) is 46.3 Å². The normalized spacial score (nSPS) is 21.0. The number of likely N-dealkylation sites (tertiary alicyclic amines) is 1. The van der Waals surface area contributed by atoms with E-state index < -0.39 is 0 Å². The average molecular weight is 407 g/mol. The van der Waals surface area contributed by atoms with Crippen molar-refractivity contribution in [3.63, 3.8) is 0 Å². The summed E-state index contributed by atoms with van der Waals surface area (Å²) in [5.74, 6) is 0. The van der Waals surface area contributed by atoms with Gasteiger partial charge in [0.25, 0.3) is 0 Å². The van der Waals surface area contributed by atoms with Crippen molar-refractivity contribution in [2.24, 2.45) is 0 Å². The summed E-state index contributed by atoms with van der Waals surface area (Å²) < 4.78 is 0. The lowest BCUT2D eigenvalue weighted by atomic mass is 9.99. The highest BCUT2D eigenvalue weighted by Gasteiger charge is 2.27. The van der Waals surface area contributed by atoms with Gasteiger partial charge in [0.1, 0.15) is 0 Å². The van der Waals surface area contributed by atoms with Gasteiger partial charge in [-0.2, -0.15) is 0 Å². The van der Waals surface area contributed by atoms with Crippen molar-refractivity contribution in [3.8, 4) is 0 Å². The van der Waals surface area contributed by atoms with E-state index in [2.05, 4.69) is 46.4 Å². The van der Waals surface area contributed by atoms with E-state index in [1.165, 1.54) is 25.8 Å². The van der Waals surface area contributed by atoms with E-state index in [9.17, 15) is 4.79 Å². The van der Waals surface area contributed by atoms with Crippen molar-refractivity contribution >= 4 is 6.03 Å². The molecule has 5 nitrogen and oxygen atoms in total. The summed E-state index contributed by atoms with van der Waals surface area (Å²) in [6, 6.07) is 21.0. The summed E-state index contributed by atoms with van der Waals surface area (Å²) in [7, 11) is 2.25. The zero-order valence-electron chi connectivity index (χ0n) is 18.0. The Kier molecular flexibility index (Phi) is 7.03. The number of carbonyl (C=O) groups excluding carboxylic acids is 1. The van der Waals surface area contributed by atoms with Gasteiger partial charge >= 0.3 is 6.03 Å². The first kappa shape index (κ1) is 20.9. The lowest BCUT2D eigenvalue weighted by Gasteiger charge is -2.40. The Balaban J connectivity index is 1.35. The minimum atomic E-state index is -0.131. The maximum Gasteiger partial charge on any atom is 0.318 e. The van der Waals surface area contributed by atoms with E-state index in [-0.39, 0.29) is 12.1 Å². The predicted octanol–water partition coefficient (Wildman–Crippen LogP) is 3.59. The van der Waals surface area contributed by atoms with Crippen LogP contribution in [0.4, 0.5) is 4.79 Å². The number of piperazine rings is 1. The van der Waals surface area contributed by atoms with Crippen molar-refractivity contribution in [3.05, 3.63) is 71.8 Å². The molecule has 2 aliphatic heterocycles. The Morgan fingerprint density at radius 2 is 1.50 bits per heavy atom. The number of hydrogen-bond acceptors (Lipinski definition) is 3. The second-order valence-corrected chi connectivity index (χ2v) is 8.62. The number of nitrogens with one attached hydrogen (secondary N) is 1. The number of amides is 2. The monoisotopic (exact) mass is 406 g/mol. The van der Waals surface area contributed by atoms with Gasteiger partial charge < -0.3 is 15.1 Å². The topological polar surface area (TPSA) is 38.8 Å². The van der Waals surface area contributed by atoms with Gasteiger partial charge in [-0.3, -0.25) is 4.90 Å². The second-order valence-electron chi connectivity index (χ2n) is 8.62. The molecule has 30 heavy (non-hydrogen) atoms. The fourth-order valence-corrected chi connectivity index (χ4v) is 4.67. The molecule has 2 fully saturated rings. The predicted molar refractivity (Wildman–Crippen MR) is 122 cm³/mol. The number of hydrogen-bond donors (Lipinski definition) is 1. The van der Waals surface area contributed by atoms with E-state index in [0.717, 1.165) is 43.9 Å². The van der Waals surface area contributed by atoms with Crippen molar-refractivity contribution in [1.29, 1.82) is 0 Å². The smallest absolute Gasteiger partial charge is 0.318 e. The summed E-state index contributed by atoms with van der Waals surface area (Å²) in [4.78, 5) is 20.1. The van der Waals surface area contributed by atoms with Gasteiger partial charge in [-0.05, 0) is 37.6 Å². The molecule has 2 saturated heterocycles.